The Morgan fingerprint density at radius 1 is 1.07 bits per heavy atom. The maximum atomic E-state index is 13.3. The number of hydrogen-bond donors (Lipinski definition) is 4. The summed E-state index contributed by atoms with van der Waals surface area (Å²) in [5, 5.41) is 11.9. The van der Waals surface area contributed by atoms with Gasteiger partial charge in [-0.1, -0.05) is 49.0 Å². The smallest absolute Gasteiger partial charge is 0.382 e. The molecule has 2 aromatic rings. The van der Waals surface area contributed by atoms with Crippen LogP contribution < -0.4 is 21.3 Å². The number of piperidine rings is 1. The molecule has 1 saturated heterocycles. The Kier molecular flexibility index (Phi) is 10.9. The molecule has 0 spiro atoms. The molecule has 7 nitrogen and oxygen atoms in total. The maximum Gasteiger partial charge on any atom is 0.416 e. The molecule has 1 aliphatic rings. The van der Waals surface area contributed by atoms with Crippen LogP contribution in [0.1, 0.15) is 60.7 Å². The molecule has 40 heavy (non-hydrogen) atoms. The first-order valence-electron chi connectivity index (χ1n) is 13.5. The van der Waals surface area contributed by atoms with Crippen LogP contribution in [0.3, 0.4) is 0 Å². The third-order valence-electron chi connectivity index (χ3n) is 6.66. The van der Waals surface area contributed by atoms with Crippen molar-refractivity contribution in [1.29, 1.82) is 0 Å². The topological polar surface area (TPSA) is 85.5 Å². The first-order valence-corrected chi connectivity index (χ1v) is 13.9. The second kappa shape index (κ2) is 13.9. The molecule has 0 unspecified atom stereocenters. The lowest BCUT2D eigenvalue weighted by molar-refractivity contribution is -0.137. The van der Waals surface area contributed by atoms with E-state index in [-0.39, 0.29) is 35.9 Å². The number of rotatable bonds is 10. The lowest BCUT2D eigenvalue weighted by Gasteiger charge is -2.39. The molecule has 0 bridgehead atoms. The van der Waals surface area contributed by atoms with Crippen LogP contribution in [0.15, 0.2) is 42.5 Å². The fourth-order valence-electron chi connectivity index (χ4n) is 4.67. The van der Waals surface area contributed by atoms with Gasteiger partial charge in [0.05, 0.1) is 23.7 Å². The number of thiocarbonyl (C=S) groups is 1. The molecule has 1 aliphatic heterocycles. The van der Waals surface area contributed by atoms with Gasteiger partial charge in [0.2, 0.25) is 5.91 Å². The number of alkyl halides is 3. The van der Waals surface area contributed by atoms with Gasteiger partial charge >= 0.3 is 6.18 Å². The largest absolute Gasteiger partial charge is 0.416 e. The Bertz CT molecular complexity index is 1190. The van der Waals surface area contributed by atoms with E-state index in [0.29, 0.717) is 11.5 Å². The molecule has 1 heterocycles. The molecular weight excluding hydrogens is 539 g/mol. The lowest BCUT2D eigenvalue weighted by Crippen LogP contribution is -2.61. The molecule has 0 aliphatic carbocycles. The number of nitrogens with zero attached hydrogens (tertiary/aromatic N) is 1. The summed E-state index contributed by atoms with van der Waals surface area (Å²) in [6.07, 6.45) is -2.87. The van der Waals surface area contributed by atoms with E-state index >= 15 is 0 Å². The van der Waals surface area contributed by atoms with E-state index in [1.165, 1.54) is 6.07 Å². The van der Waals surface area contributed by atoms with E-state index in [9.17, 15) is 22.8 Å². The van der Waals surface area contributed by atoms with Gasteiger partial charge in [0.15, 0.2) is 0 Å². The summed E-state index contributed by atoms with van der Waals surface area (Å²) in [5.41, 5.74) is 1.17. The van der Waals surface area contributed by atoms with Crippen LogP contribution >= 0.6 is 12.2 Å². The summed E-state index contributed by atoms with van der Waals surface area (Å²) >= 11 is 5.63. The maximum absolute atomic E-state index is 13.3. The summed E-state index contributed by atoms with van der Waals surface area (Å²) in [6, 6.07) is 10.3. The summed E-state index contributed by atoms with van der Waals surface area (Å²) in [5.74, 6) is -1.20. The number of likely N-dealkylation sites (tertiary alicyclic amines) is 1. The van der Waals surface area contributed by atoms with Gasteiger partial charge in [0, 0.05) is 36.4 Å². The van der Waals surface area contributed by atoms with Gasteiger partial charge in [-0.15, -0.1) is 0 Å². The Hall–Kier alpha value is -3.18. The van der Waals surface area contributed by atoms with Crippen LogP contribution in [0.5, 0.6) is 0 Å². The van der Waals surface area contributed by atoms with Crippen LogP contribution in [0.25, 0.3) is 0 Å². The molecule has 3 rings (SSSR count). The Morgan fingerprint density at radius 3 is 2.40 bits per heavy atom. The number of aryl methyl sites for hydroxylation is 1. The number of hydrogen-bond acceptors (Lipinski definition) is 5. The Labute approximate surface area is 239 Å². The molecule has 0 saturated carbocycles. The average molecular weight is 578 g/mol. The summed E-state index contributed by atoms with van der Waals surface area (Å²) in [7, 11) is 0. The molecule has 2 amide bonds. The number of carbonyl (C=O) groups excluding carboxylic acids is 2. The quantitative estimate of drug-likeness (QED) is 0.312. The molecule has 0 radical (unpaired) electrons. The second-order valence-electron chi connectivity index (χ2n) is 10.4. The number of amides is 2. The number of nitrogens with one attached hydrogen (secondary N) is 4. The standard InChI is InChI=1S/C29H38F3N5O2S/c1-5-13-37-14-12-24(36-28(40)20-8-6-19(4)7-9-20)25(17-37)35-26(38)16-33-27(39)22-15-21(29(30,31)32)10-11-23(22)34-18(2)3/h6-11,15,18,24-25,34H,5,12-14,16-17H2,1-4H3,(H,33,39)(H,35,38)(H,36,40)/t24-,25+/m1/s1. The van der Waals surface area contributed by atoms with Gasteiger partial charge in [0.25, 0.3) is 5.91 Å². The van der Waals surface area contributed by atoms with Crippen molar-refractivity contribution < 1.29 is 22.8 Å². The highest BCUT2D eigenvalue weighted by Gasteiger charge is 2.33. The van der Waals surface area contributed by atoms with Crippen molar-refractivity contribution in [1.82, 2.24) is 20.9 Å². The van der Waals surface area contributed by atoms with Crippen LogP contribution in [-0.2, 0) is 11.0 Å². The first-order chi connectivity index (χ1) is 18.9. The van der Waals surface area contributed by atoms with Crippen LogP contribution in [0.4, 0.5) is 18.9 Å². The highest BCUT2D eigenvalue weighted by Crippen LogP contribution is 2.32. The fourth-order valence-corrected chi connectivity index (χ4v) is 4.96. The molecule has 1 fully saturated rings. The van der Waals surface area contributed by atoms with Crippen molar-refractivity contribution in [3.8, 4) is 0 Å². The van der Waals surface area contributed by atoms with E-state index in [0.717, 1.165) is 49.2 Å². The van der Waals surface area contributed by atoms with Gasteiger partial charge in [0.1, 0.15) is 4.99 Å². The molecule has 0 aromatic heterocycles. The molecule has 2 aromatic carbocycles. The number of anilines is 1. The van der Waals surface area contributed by atoms with E-state index in [4.69, 9.17) is 12.2 Å². The SMILES string of the molecule is CCCN1CC[C@@H](NC(=S)c2ccc(C)cc2)[C@@H](NC(=O)CNC(=O)c2cc(C(F)(F)F)ccc2NC(C)C)C1. The van der Waals surface area contributed by atoms with Crippen molar-refractivity contribution >= 4 is 34.7 Å². The van der Waals surface area contributed by atoms with Crippen molar-refractivity contribution in [2.45, 2.75) is 64.8 Å². The monoisotopic (exact) mass is 577 g/mol. The zero-order chi connectivity index (χ0) is 29.4. The predicted molar refractivity (Wildman–Crippen MR) is 156 cm³/mol. The summed E-state index contributed by atoms with van der Waals surface area (Å²) < 4.78 is 39.9. The average Bonchev–Trinajstić information content (AvgIpc) is 2.88. The summed E-state index contributed by atoms with van der Waals surface area (Å²) in [6.45, 7) is 9.69. The van der Waals surface area contributed by atoms with Crippen molar-refractivity contribution in [3.63, 3.8) is 0 Å². The van der Waals surface area contributed by atoms with Crippen LogP contribution in [0.2, 0.25) is 0 Å². The normalized spacial score (nSPS) is 17.8. The number of halogens is 3. The third kappa shape index (κ3) is 8.92. The van der Waals surface area contributed by atoms with E-state index < -0.39 is 23.6 Å². The van der Waals surface area contributed by atoms with Crippen molar-refractivity contribution in [2.24, 2.45) is 0 Å². The Morgan fingerprint density at radius 2 is 1.77 bits per heavy atom. The molecule has 218 valence electrons. The predicted octanol–water partition coefficient (Wildman–Crippen LogP) is 4.50. The van der Waals surface area contributed by atoms with Gasteiger partial charge in [-0.25, -0.2) is 0 Å². The first kappa shape index (κ1) is 31.3. The van der Waals surface area contributed by atoms with Crippen molar-refractivity contribution in [2.75, 3.05) is 31.5 Å². The molecular formula is C29H38F3N5O2S. The minimum atomic E-state index is -4.60. The number of benzene rings is 2. The van der Waals surface area contributed by atoms with Crippen molar-refractivity contribution in [3.05, 3.63) is 64.7 Å². The lowest BCUT2D eigenvalue weighted by atomic mass is 9.98. The Balaban J connectivity index is 1.68. The zero-order valence-corrected chi connectivity index (χ0v) is 24.1. The van der Waals surface area contributed by atoms with Gasteiger partial charge < -0.3 is 26.2 Å². The van der Waals surface area contributed by atoms with Crippen LogP contribution in [-0.4, -0.2) is 66.0 Å². The van der Waals surface area contributed by atoms with E-state index in [1.807, 2.05) is 45.0 Å². The summed E-state index contributed by atoms with van der Waals surface area (Å²) in [4.78, 5) is 28.7. The van der Waals surface area contributed by atoms with E-state index in [2.05, 4.69) is 33.1 Å². The molecule has 2 atom stereocenters. The van der Waals surface area contributed by atoms with Crippen LogP contribution in [0, 0.1) is 6.92 Å². The number of carbonyl (C=O) groups is 2. The van der Waals surface area contributed by atoms with E-state index in [1.54, 1.807) is 0 Å². The molecule has 11 heteroatoms. The highest BCUT2D eigenvalue weighted by atomic mass is 32.1. The second-order valence-corrected chi connectivity index (χ2v) is 10.9. The van der Waals surface area contributed by atoms with Gasteiger partial charge in [-0.3, -0.25) is 9.59 Å². The van der Waals surface area contributed by atoms with Gasteiger partial charge in [-0.05, 0) is 58.4 Å². The highest BCUT2D eigenvalue weighted by molar-refractivity contribution is 7.80. The third-order valence-corrected chi connectivity index (χ3v) is 7.01. The minimum Gasteiger partial charge on any atom is -0.382 e. The minimum absolute atomic E-state index is 0.112. The zero-order valence-electron chi connectivity index (χ0n) is 23.3. The van der Waals surface area contributed by atoms with Gasteiger partial charge in [-0.2, -0.15) is 13.2 Å². The fraction of sp³-hybridized carbons (Fsp3) is 0.483. The molecule has 4 N–H and O–H groups in total.